The molecule has 3 aromatic rings. The number of ether oxygens (including phenoxy) is 2. The quantitative estimate of drug-likeness (QED) is 0.323. The van der Waals surface area contributed by atoms with Crippen LogP contribution >= 0.6 is 0 Å². The lowest BCUT2D eigenvalue weighted by Crippen LogP contribution is -2.16. The van der Waals surface area contributed by atoms with E-state index in [0.29, 0.717) is 0 Å². The fourth-order valence-corrected chi connectivity index (χ4v) is 2.05. The number of alkyl halides is 6. The molecule has 0 aromatic heterocycles. The van der Waals surface area contributed by atoms with Crippen LogP contribution in [0, 0.1) is 0 Å². The second-order valence-corrected chi connectivity index (χ2v) is 6.27. The van der Waals surface area contributed by atoms with Gasteiger partial charge in [0, 0.05) is 0 Å². The predicted octanol–water partition coefficient (Wildman–Crippen LogP) is 5.66. The molecule has 36 heavy (non-hydrogen) atoms. The van der Waals surface area contributed by atoms with E-state index in [0.717, 1.165) is 48.5 Å². The summed E-state index contributed by atoms with van der Waals surface area (Å²) in [6.07, 6.45) is -9.37. The summed E-state index contributed by atoms with van der Waals surface area (Å²) in [6, 6.07) is 13.6. The number of benzene rings is 3. The van der Waals surface area contributed by atoms with Crippen LogP contribution in [0.25, 0.3) is 0 Å². The SMILES string of the molecule is O=C(O)c1ccc(C(=O)O)cc1.Oc1ccc(OC(F)(F)F)cc1.Oc1ccc(OC(F)(F)F)cc1. The highest BCUT2D eigenvalue weighted by Gasteiger charge is 2.31. The fraction of sp³-hybridized carbons (Fsp3) is 0.0909. The lowest BCUT2D eigenvalue weighted by Gasteiger charge is -2.07. The van der Waals surface area contributed by atoms with Crippen molar-refractivity contribution < 1.29 is 65.8 Å². The molecule has 0 aliphatic heterocycles. The number of carboxylic acid groups (broad SMARTS) is 2. The minimum absolute atomic E-state index is 0.0833. The Balaban J connectivity index is 0.000000270. The van der Waals surface area contributed by atoms with Crippen molar-refractivity contribution in [3.63, 3.8) is 0 Å². The Labute approximate surface area is 198 Å². The molecule has 0 fully saturated rings. The molecular weight excluding hydrogens is 506 g/mol. The monoisotopic (exact) mass is 522 g/mol. The highest BCUT2D eigenvalue weighted by atomic mass is 19.4. The van der Waals surface area contributed by atoms with Gasteiger partial charge in [-0.3, -0.25) is 0 Å². The Morgan fingerprint density at radius 3 is 0.972 bits per heavy atom. The van der Waals surface area contributed by atoms with Gasteiger partial charge in [-0.2, -0.15) is 0 Å². The van der Waals surface area contributed by atoms with Gasteiger partial charge in [-0.05, 0) is 72.8 Å². The third-order valence-electron chi connectivity index (χ3n) is 3.52. The normalized spacial score (nSPS) is 10.6. The van der Waals surface area contributed by atoms with Gasteiger partial charge in [-0.1, -0.05) is 0 Å². The summed E-state index contributed by atoms with van der Waals surface area (Å²) in [4.78, 5) is 20.7. The predicted molar refractivity (Wildman–Crippen MR) is 110 cm³/mol. The van der Waals surface area contributed by atoms with Crippen LogP contribution < -0.4 is 9.47 Å². The zero-order valence-electron chi connectivity index (χ0n) is 17.6. The molecule has 0 heterocycles. The summed E-state index contributed by atoms with van der Waals surface area (Å²) >= 11 is 0. The average molecular weight is 522 g/mol. The van der Waals surface area contributed by atoms with E-state index in [4.69, 9.17) is 20.4 Å². The minimum atomic E-state index is -4.68. The number of hydrogen-bond acceptors (Lipinski definition) is 6. The zero-order chi connectivity index (χ0) is 27.5. The first-order valence-electron chi connectivity index (χ1n) is 9.22. The van der Waals surface area contributed by atoms with E-state index in [1.54, 1.807) is 0 Å². The van der Waals surface area contributed by atoms with Gasteiger partial charge in [-0.15, -0.1) is 26.3 Å². The second-order valence-electron chi connectivity index (χ2n) is 6.27. The molecule has 0 aliphatic carbocycles. The summed E-state index contributed by atoms with van der Waals surface area (Å²) < 4.78 is 76.4. The van der Waals surface area contributed by atoms with Crippen molar-refractivity contribution in [2.24, 2.45) is 0 Å². The molecule has 194 valence electrons. The van der Waals surface area contributed by atoms with E-state index in [2.05, 4.69) is 9.47 Å². The standard InChI is InChI=1S/C8H6O4.2C7H5F3O2/c9-7(10)5-1-2-6(4-3-5)8(11)12;2*8-7(9,10)12-6-3-1-5(11)2-4-6/h1-4H,(H,9,10)(H,11,12);2*1-4,11H. The van der Waals surface area contributed by atoms with Crippen LogP contribution in [0.5, 0.6) is 23.0 Å². The van der Waals surface area contributed by atoms with Crippen LogP contribution in [0.15, 0.2) is 72.8 Å². The summed E-state index contributed by atoms with van der Waals surface area (Å²) in [5.41, 5.74) is 0.167. The lowest BCUT2D eigenvalue weighted by molar-refractivity contribution is -0.275. The Kier molecular flexibility index (Phi) is 10.4. The van der Waals surface area contributed by atoms with Crippen molar-refractivity contribution in [2.75, 3.05) is 0 Å². The largest absolute Gasteiger partial charge is 0.573 e. The number of hydrogen-bond donors (Lipinski definition) is 4. The number of carboxylic acids is 2. The molecule has 0 atom stereocenters. The molecule has 0 saturated carbocycles. The average Bonchev–Trinajstić information content (AvgIpc) is 2.76. The minimum Gasteiger partial charge on any atom is -0.508 e. The number of rotatable bonds is 4. The van der Waals surface area contributed by atoms with Crippen LogP contribution in [0.3, 0.4) is 0 Å². The molecule has 3 aromatic carbocycles. The molecule has 3 rings (SSSR count). The van der Waals surface area contributed by atoms with Gasteiger partial charge in [-0.25, -0.2) is 9.59 Å². The number of halogens is 6. The number of phenolic OH excluding ortho intramolecular Hbond substituents is 2. The van der Waals surface area contributed by atoms with Gasteiger partial charge in [0.25, 0.3) is 0 Å². The van der Waals surface area contributed by atoms with Crippen molar-refractivity contribution >= 4 is 11.9 Å². The summed E-state index contributed by atoms with van der Waals surface area (Å²) in [7, 11) is 0. The first-order chi connectivity index (χ1) is 16.6. The summed E-state index contributed by atoms with van der Waals surface area (Å²) in [5.74, 6) is -3.03. The van der Waals surface area contributed by atoms with Gasteiger partial charge in [0.15, 0.2) is 0 Å². The number of aromatic hydroxyl groups is 2. The Bertz CT molecular complexity index is 1020. The second kappa shape index (κ2) is 12.7. The molecule has 4 N–H and O–H groups in total. The first kappa shape index (κ1) is 29.4. The van der Waals surface area contributed by atoms with Gasteiger partial charge in [0.2, 0.25) is 0 Å². The van der Waals surface area contributed by atoms with E-state index in [1.165, 1.54) is 24.3 Å². The van der Waals surface area contributed by atoms with Crippen molar-refractivity contribution in [1.82, 2.24) is 0 Å². The van der Waals surface area contributed by atoms with E-state index >= 15 is 0 Å². The smallest absolute Gasteiger partial charge is 0.508 e. The van der Waals surface area contributed by atoms with E-state index in [-0.39, 0.29) is 34.1 Å². The van der Waals surface area contributed by atoms with Crippen LogP contribution in [0.4, 0.5) is 26.3 Å². The molecule has 0 amide bonds. The topological polar surface area (TPSA) is 134 Å². The van der Waals surface area contributed by atoms with Crippen LogP contribution in [-0.2, 0) is 0 Å². The maximum atomic E-state index is 11.6. The van der Waals surface area contributed by atoms with Crippen LogP contribution in [-0.4, -0.2) is 45.1 Å². The van der Waals surface area contributed by atoms with Crippen molar-refractivity contribution in [3.05, 3.63) is 83.9 Å². The molecule has 0 radical (unpaired) electrons. The number of aromatic carboxylic acids is 2. The molecule has 8 nitrogen and oxygen atoms in total. The van der Waals surface area contributed by atoms with E-state index in [9.17, 15) is 35.9 Å². The van der Waals surface area contributed by atoms with Gasteiger partial charge >= 0.3 is 24.7 Å². The molecular formula is C22H16F6O8. The Hall–Kier alpha value is -4.62. The summed E-state index contributed by atoms with van der Waals surface area (Å²) in [5, 5.41) is 34.4. The van der Waals surface area contributed by atoms with Gasteiger partial charge in [0.1, 0.15) is 23.0 Å². The molecule has 0 spiro atoms. The van der Waals surface area contributed by atoms with E-state index in [1.807, 2.05) is 0 Å². The van der Waals surface area contributed by atoms with Crippen LogP contribution in [0.2, 0.25) is 0 Å². The molecule has 0 saturated heterocycles. The maximum Gasteiger partial charge on any atom is 0.573 e. The molecule has 0 bridgehead atoms. The van der Waals surface area contributed by atoms with E-state index < -0.39 is 24.7 Å². The van der Waals surface area contributed by atoms with Crippen LogP contribution in [0.1, 0.15) is 20.7 Å². The first-order valence-corrected chi connectivity index (χ1v) is 9.22. The van der Waals surface area contributed by atoms with Crippen molar-refractivity contribution in [2.45, 2.75) is 12.7 Å². The highest BCUT2D eigenvalue weighted by Crippen LogP contribution is 2.25. The highest BCUT2D eigenvalue weighted by molar-refractivity contribution is 5.91. The third kappa shape index (κ3) is 12.6. The Morgan fingerprint density at radius 1 is 0.528 bits per heavy atom. The third-order valence-corrected chi connectivity index (χ3v) is 3.52. The fourth-order valence-electron chi connectivity index (χ4n) is 2.05. The number of phenols is 2. The van der Waals surface area contributed by atoms with Gasteiger partial charge in [0.05, 0.1) is 11.1 Å². The Morgan fingerprint density at radius 2 is 0.778 bits per heavy atom. The van der Waals surface area contributed by atoms with Gasteiger partial charge < -0.3 is 29.9 Å². The van der Waals surface area contributed by atoms with Crippen molar-refractivity contribution in [1.29, 1.82) is 0 Å². The van der Waals surface area contributed by atoms with Crippen molar-refractivity contribution in [3.8, 4) is 23.0 Å². The number of carbonyl (C=O) groups is 2. The molecule has 14 heteroatoms. The molecule has 0 unspecified atom stereocenters. The maximum absolute atomic E-state index is 11.6. The molecule has 0 aliphatic rings. The lowest BCUT2D eigenvalue weighted by atomic mass is 10.1. The summed E-state index contributed by atoms with van der Waals surface area (Å²) in [6.45, 7) is 0. The zero-order valence-corrected chi connectivity index (χ0v) is 17.6.